The molecule has 1 fully saturated rings. The summed E-state index contributed by atoms with van der Waals surface area (Å²) in [6, 6.07) is 0.746. The lowest BCUT2D eigenvalue weighted by Gasteiger charge is -2.29. The molecule has 1 aromatic heterocycles. The van der Waals surface area contributed by atoms with Crippen LogP contribution < -0.4 is 11.1 Å². The molecule has 0 amide bonds. The molecule has 4 heteroatoms. The normalized spacial score (nSPS) is 26.5. The van der Waals surface area contributed by atoms with Crippen LogP contribution in [0.25, 0.3) is 0 Å². The fraction of sp³-hybridized carbons (Fsp3) is 0.636. The first-order chi connectivity index (χ1) is 7.36. The van der Waals surface area contributed by atoms with E-state index in [4.69, 9.17) is 5.73 Å². The summed E-state index contributed by atoms with van der Waals surface area (Å²) in [5, 5.41) is 3.46. The SMILES string of the molecule is NC1CCCCC1NCc1cnccn1. The minimum Gasteiger partial charge on any atom is -0.326 e. The van der Waals surface area contributed by atoms with Gasteiger partial charge in [-0.05, 0) is 12.8 Å². The Bertz CT molecular complexity index is 288. The lowest BCUT2D eigenvalue weighted by Crippen LogP contribution is -2.46. The van der Waals surface area contributed by atoms with Crippen molar-refractivity contribution in [1.29, 1.82) is 0 Å². The third kappa shape index (κ3) is 2.97. The molecule has 0 aromatic carbocycles. The Kier molecular flexibility index (Phi) is 3.64. The van der Waals surface area contributed by atoms with E-state index in [2.05, 4.69) is 15.3 Å². The molecule has 1 heterocycles. The summed E-state index contributed by atoms with van der Waals surface area (Å²) in [5.41, 5.74) is 7.03. The van der Waals surface area contributed by atoms with Crippen molar-refractivity contribution in [2.24, 2.45) is 5.73 Å². The summed E-state index contributed by atoms with van der Waals surface area (Å²) < 4.78 is 0. The van der Waals surface area contributed by atoms with Crippen molar-refractivity contribution in [3.8, 4) is 0 Å². The van der Waals surface area contributed by atoms with Gasteiger partial charge in [-0.15, -0.1) is 0 Å². The van der Waals surface area contributed by atoms with Crippen LogP contribution in [0.4, 0.5) is 0 Å². The fourth-order valence-electron chi connectivity index (χ4n) is 2.07. The van der Waals surface area contributed by atoms with Crippen molar-refractivity contribution < 1.29 is 0 Å². The Morgan fingerprint density at radius 1 is 1.33 bits per heavy atom. The van der Waals surface area contributed by atoms with Gasteiger partial charge in [-0.3, -0.25) is 9.97 Å². The standard InChI is InChI=1S/C11H18N4/c12-10-3-1-2-4-11(10)15-8-9-7-13-5-6-14-9/h5-7,10-11,15H,1-4,8,12H2. The van der Waals surface area contributed by atoms with Crippen molar-refractivity contribution in [2.45, 2.75) is 44.3 Å². The highest BCUT2D eigenvalue weighted by Gasteiger charge is 2.20. The van der Waals surface area contributed by atoms with Gasteiger partial charge in [0.25, 0.3) is 0 Å². The molecule has 2 unspecified atom stereocenters. The lowest BCUT2D eigenvalue weighted by atomic mass is 9.91. The van der Waals surface area contributed by atoms with E-state index in [1.807, 2.05) is 0 Å². The number of hydrogen-bond donors (Lipinski definition) is 2. The van der Waals surface area contributed by atoms with E-state index in [-0.39, 0.29) is 0 Å². The molecule has 2 atom stereocenters. The maximum absolute atomic E-state index is 6.04. The van der Waals surface area contributed by atoms with E-state index in [9.17, 15) is 0 Å². The van der Waals surface area contributed by atoms with Crippen LogP contribution in [0.3, 0.4) is 0 Å². The van der Waals surface area contributed by atoms with Crippen molar-refractivity contribution in [2.75, 3.05) is 0 Å². The predicted octanol–water partition coefficient (Wildman–Crippen LogP) is 0.836. The van der Waals surface area contributed by atoms with Gasteiger partial charge in [0.2, 0.25) is 0 Å². The van der Waals surface area contributed by atoms with Gasteiger partial charge in [-0.1, -0.05) is 12.8 Å². The predicted molar refractivity (Wildman–Crippen MR) is 59.1 cm³/mol. The van der Waals surface area contributed by atoms with Crippen LogP contribution in [0, 0.1) is 0 Å². The Morgan fingerprint density at radius 3 is 2.93 bits per heavy atom. The van der Waals surface area contributed by atoms with Crippen molar-refractivity contribution in [1.82, 2.24) is 15.3 Å². The van der Waals surface area contributed by atoms with E-state index in [1.165, 1.54) is 19.3 Å². The minimum absolute atomic E-state index is 0.301. The lowest BCUT2D eigenvalue weighted by molar-refractivity contribution is 0.325. The molecular weight excluding hydrogens is 188 g/mol. The fourth-order valence-corrected chi connectivity index (χ4v) is 2.07. The van der Waals surface area contributed by atoms with Gasteiger partial charge in [0.15, 0.2) is 0 Å². The second kappa shape index (κ2) is 5.19. The van der Waals surface area contributed by atoms with Gasteiger partial charge in [0.1, 0.15) is 0 Å². The van der Waals surface area contributed by atoms with Crippen LogP contribution in [-0.2, 0) is 6.54 Å². The summed E-state index contributed by atoms with van der Waals surface area (Å²) >= 11 is 0. The molecule has 0 bridgehead atoms. The second-order valence-electron chi connectivity index (χ2n) is 4.13. The Balaban J connectivity index is 1.82. The highest BCUT2D eigenvalue weighted by atomic mass is 15.0. The molecule has 15 heavy (non-hydrogen) atoms. The quantitative estimate of drug-likeness (QED) is 0.769. The average Bonchev–Trinajstić information content (AvgIpc) is 2.29. The van der Waals surface area contributed by atoms with Crippen LogP contribution in [-0.4, -0.2) is 22.1 Å². The highest BCUT2D eigenvalue weighted by Crippen LogP contribution is 2.16. The van der Waals surface area contributed by atoms with E-state index < -0.39 is 0 Å². The molecule has 0 aliphatic heterocycles. The number of nitrogens with zero attached hydrogens (tertiary/aromatic N) is 2. The summed E-state index contributed by atoms with van der Waals surface area (Å²) in [7, 11) is 0. The number of nitrogens with one attached hydrogen (secondary N) is 1. The van der Waals surface area contributed by atoms with Gasteiger partial charge in [-0.2, -0.15) is 0 Å². The maximum atomic E-state index is 6.04. The first kappa shape index (κ1) is 10.5. The minimum atomic E-state index is 0.301. The summed E-state index contributed by atoms with van der Waals surface area (Å²) in [6.45, 7) is 0.770. The topological polar surface area (TPSA) is 63.8 Å². The number of hydrogen-bond acceptors (Lipinski definition) is 4. The third-order valence-electron chi connectivity index (χ3n) is 2.98. The van der Waals surface area contributed by atoms with Gasteiger partial charge < -0.3 is 11.1 Å². The van der Waals surface area contributed by atoms with Gasteiger partial charge in [0.05, 0.1) is 5.69 Å². The Labute approximate surface area is 90.3 Å². The molecule has 0 radical (unpaired) electrons. The monoisotopic (exact) mass is 206 g/mol. The molecule has 0 spiro atoms. The van der Waals surface area contributed by atoms with E-state index in [0.717, 1.165) is 18.7 Å². The van der Waals surface area contributed by atoms with Crippen LogP contribution in [0.5, 0.6) is 0 Å². The van der Waals surface area contributed by atoms with Crippen molar-refractivity contribution >= 4 is 0 Å². The smallest absolute Gasteiger partial charge is 0.0724 e. The zero-order valence-electron chi connectivity index (χ0n) is 8.89. The molecule has 1 aliphatic carbocycles. The molecular formula is C11H18N4. The Morgan fingerprint density at radius 2 is 2.20 bits per heavy atom. The third-order valence-corrected chi connectivity index (χ3v) is 2.98. The summed E-state index contributed by atoms with van der Waals surface area (Å²) in [6.07, 6.45) is 10.1. The van der Waals surface area contributed by atoms with Crippen LogP contribution in [0.1, 0.15) is 31.4 Å². The molecule has 2 rings (SSSR count). The van der Waals surface area contributed by atoms with Crippen molar-refractivity contribution in [3.05, 3.63) is 24.3 Å². The molecule has 1 aliphatic rings. The first-order valence-electron chi connectivity index (χ1n) is 5.60. The van der Waals surface area contributed by atoms with Crippen LogP contribution in [0.2, 0.25) is 0 Å². The number of aromatic nitrogens is 2. The molecule has 3 N–H and O–H groups in total. The van der Waals surface area contributed by atoms with Crippen molar-refractivity contribution in [3.63, 3.8) is 0 Å². The van der Waals surface area contributed by atoms with Crippen LogP contribution in [0.15, 0.2) is 18.6 Å². The second-order valence-corrected chi connectivity index (χ2v) is 4.13. The number of nitrogens with two attached hydrogens (primary N) is 1. The van der Waals surface area contributed by atoms with Gasteiger partial charge in [0, 0.05) is 37.2 Å². The zero-order chi connectivity index (χ0) is 10.5. The van der Waals surface area contributed by atoms with E-state index in [1.54, 1.807) is 18.6 Å². The highest BCUT2D eigenvalue weighted by molar-refractivity contribution is 4.95. The summed E-state index contributed by atoms with van der Waals surface area (Å²) in [5.74, 6) is 0. The maximum Gasteiger partial charge on any atom is 0.0724 e. The van der Waals surface area contributed by atoms with E-state index in [0.29, 0.717) is 12.1 Å². The van der Waals surface area contributed by atoms with Gasteiger partial charge >= 0.3 is 0 Å². The molecule has 1 aromatic rings. The molecule has 0 saturated heterocycles. The van der Waals surface area contributed by atoms with Gasteiger partial charge in [-0.25, -0.2) is 0 Å². The summed E-state index contributed by atoms with van der Waals surface area (Å²) in [4.78, 5) is 8.26. The molecule has 1 saturated carbocycles. The number of rotatable bonds is 3. The first-order valence-corrected chi connectivity index (χ1v) is 5.60. The van der Waals surface area contributed by atoms with Crippen LogP contribution >= 0.6 is 0 Å². The Hall–Kier alpha value is -1.00. The average molecular weight is 206 g/mol. The molecule has 82 valence electrons. The largest absolute Gasteiger partial charge is 0.326 e. The molecule has 4 nitrogen and oxygen atoms in total. The zero-order valence-corrected chi connectivity index (χ0v) is 8.89. The van der Waals surface area contributed by atoms with E-state index >= 15 is 0 Å².